The number of carbonyl (C=O) groups is 1. The molecule has 0 aliphatic heterocycles. The van der Waals surface area contributed by atoms with E-state index in [1.54, 1.807) is 12.5 Å². The summed E-state index contributed by atoms with van der Waals surface area (Å²) in [6.07, 6.45) is 2.25. The van der Waals surface area contributed by atoms with E-state index < -0.39 is 6.09 Å². The highest BCUT2D eigenvalue weighted by molar-refractivity contribution is 5.63. The van der Waals surface area contributed by atoms with E-state index in [1.165, 1.54) is 7.05 Å². The highest BCUT2D eigenvalue weighted by Gasteiger charge is 1.76. The van der Waals surface area contributed by atoms with Crippen LogP contribution in [-0.2, 0) is 0 Å². The second-order valence-electron chi connectivity index (χ2n) is 1.35. The molecule has 1 aromatic heterocycles. The maximum absolute atomic E-state index is 9.26. The minimum Gasteiger partial charge on any atom is -0.473 e. The molecule has 1 amide bonds. The van der Waals surface area contributed by atoms with Crippen LogP contribution in [0.3, 0.4) is 0 Å². The fourth-order valence-corrected chi connectivity index (χ4v) is 0.227. The van der Waals surface area contributed by atoms with Crippen LogP contribution in [0.4, 0.5) is 4.79 Å². The van der Waals surface area contributed by atoms with E-state index in [0.29, 0.717) is 0 Å². The van der Waals surface area contributed by atoms with Crippen molar-refractivity contribution < 1.29 is 14.3 Å². The van der Waals surface area contributed by atoms with E-state index in [0.717, 1.165) is 0 Å². The molecule has 10 heavy (non-hydrogen) atoms. The lowest BCUT2D eigenvalue weighted by Crippen LogP contribution is -2.13. The van der Waals surface area contributed by atoms with E-state index in [1.807, 2.05) is 17.4 Å². The van der Waals surface area contributed by atoms with Crippen LogP contribution in [-0.4, -0.2) is 18.2 Å². The summed E-state index contributed by atoms with van der Waals surface area (Å²) in [5.74, 6) is 0. The molecular weight excluding hydrogens is 134 g/mol. The van der Waals surface area contributed by atoms with Crippen LogP contribution in [0.1, 0.15) is 0 Å². The smallest absolute Gasteiger partial charge is 0.404 e. The van der Waals surface area contributed by atoms with Gasteiger partial charge in [-0.2, -0.15) is 0 Å². The quantitative estimate of drug-likeness (QED) is 0.572. The van der Waals surface area contributed by atoms with Gasteiger partial charge in [0.05, 0.1) is 12.5 Å². The number of amides is 1. The Kier molecular flexibility index (Phi) is 4.86. The van der Waals surface area contributed by atoms with Crippen molar-refractivity contribution in [1.82, 2.24) is 5.32 Å². The second-order valence-corrected chi connectivity index (χ2v) is 1.35. The molecule has 2 N–H and O–H groups in total. The maximum Gasteiger partial charge on any atom is 0.404 e. The maximum atomic E-state index is 9.26. The molecule has 0 aliphatic carbocycles. The largest absolute Gasteiger partial charge is 0.473 e. The molecule has 0 unspecified atom stereocenters. The Morgan fingerprint density at radius 3 is 2.00 bits per heavy atom. The zero-order chi connectivity index (χ0) is 7.82. The molecule has 0 radical (unpaired) electrons. The van der Waals surface area contributed by atoms with Crippen LogP contribution in [0.2, 0.25) is 0 Å². The first kappa shape index (κ1) is 8.55. The molecule has 0 aliphatic rings. The SMILES string of the molecule is CNC(=O)O.c1ccoc1. The predicted molar refractivity (Wildman–Crippen MR) is 35.8 cm³/mol. The summed E-state index contributed by atoms with van der Waals surface area (Å²) in [7, 11) is 1.35. The summed E-state index contributed by atoms with van der Waals surface area (Å²) in [6.45, 7) is 0. The fourth-order valence-electron chi connectivity index (χ4n) is 0.227. The number of hydrogen-bond acceptors (Lipinski definition) is 2. The molecule has 0 atom stereocenters. The average molecular weight is 143 g/mol. The second kappa shape index (κ2) is 5.68. The molecule has 0 saturated carbocycles. The minimum absolute atomic E-state index is 0.995. The Hall–Kier alpha value is -1.45. The van der Waals surface area contributed by atoms with Crippen LogP contribution in [0.25, 0.3) is 0 Å². The summed E-state index contributed by atoms with van der Waals surface area (Å²) in [5, 5.41) is 9.56. The van der Waals surface area contributed by atoms with Gasteiger partial charge in [-0.05, 0) is 12.1 Å². The van der Waals surface area contributed by atoms with Gasteiger partial charge in [0, 0.05) is 7.05 Å². The van der Waals surface area contributed by atoms with E-state index in [9.17, 15) is 4.79 Å². The molecule has 4 nitrogen and oxygen atoms in total. The van der Waals surface area contributed by atoms with Crippen LogP contribution >= 0.6 is 0 Å². The zero-order valence-electron chi connectivity index (χ0n) is 5.57. The summed E-state index contributed by atoms with van der Waals surface area (Å²) >= 11 is 0. The fraction of sp³-hybridized carbons (Fsp3) is 0.167. The van der Waals surface area contributed by atoms with Crippen molar-refractivity contribution >= 4 is 6.09 Å². The Labute approximate surface area is 58.5 Å². The van der Waals surface area contributed by atoms with Crippen molar-refractivity contribution in [1.29, 1.82) is 0 Å². The van der Waals surface area contributed by atoms with Gasteiger partial charge in [0.25, 0.3) is 0 Å². The number of rotatable bonds is 0. The third-order valence-corrected chi connectivity index (χ3v) is 0.639. The number of nitrogens with one attached hydrogen (secondary N) is 1. The highest BCUT2D eigenvalue weighted by Crippen LogP contribution is 1.79. The van der Waals surface area contributed by atoms with Gasteiger partial charge in [0.1, 0.15) is 0 Å². The number of hydrogen-bond donors (Lipinski definition) is 2. The third kappa shape index (κ3) is 6.55. The molecule has 1 heterocycles. The molecule has 4 heteroatoms. The summed E-state index contributed by atoms with van der Waals surface area (Å²) in [4.78, 5) is 9.26. The molecule has 0 fully saturated rings. The van der Waals surface area contributed by atoms with E-state index >= 15 is 0 Å². The molecular formula is C6H9NO3. The van der Waals surface area contributed by atoms with Crippen LogP contribution < -0.4 is 5.32 Å². The molecule has 56 valence electrons. The first-order chi connectivity index (χ1) is 4.77. The van der Waals surface area contributed by atoms with Gasteiger partial charge >= 0.3 is 6.09 Å². The monoisotopic (exact) mass is 143 g/mol. The molecule has 0 saturated heterocycles. The topological polar surface area (TPSA) is 62.5 Å². The summed E-state index contributed by atoms with van der Waals surface area (Å²) in [5.41, 5.74) is 0. The van der Waals surface area contributed by atoms with E-state index in [-0.39, 0.29) is 0 Å². The van der Waals surface area contributed by atoms with Gasteiger partial charge in [0.15, 0.2) is 0 Å². The van der Waals surface area contributed by atoms with Crippen LogP contribution in [0.5, 0.6) is 0 Å². The van der Waals surface area contributed by atoms with Crippen molar-refractivity contribution in [3.05, 3.63) is 24.7 Å². The lowest BCUT2D eigenvalue weighted by Gasteiger charge is -1.78. The number of carboxylic acid groups (broad SMARTS) is 1. The summed E-state index contributed by atoms with van der Waals surface area (Å²) < 4.78 is 4.58. The molecule has 0 aromatic carbocycles. The zero-order valence-corrected chi connectivity index (χ0v) is 5.57. The third-order valence-electron chi connectivity index (χ3n) is 0.639. The highest BCUT2D eigenvalue weighted by atomic mass is 16.4. The Balaban J connectivity index is 0.000000162. The first-order valence-electron chi connectivity index (χ1n) is 2.65. The molecule has 1 aromatic rings. The summed E-state index contributed by atoms with van der Waals surface area (Å²) in [6, 6.07) is 3.67. The lowest BCUT2D eigenvalue weighted by molar-refractivity contribution is 0.197. The lowest BCUT2D eigenvalue weighted by atomic mass is 10.7. The molecule has 1 rings (SSSR count). The van der Waals surface area contributed by atoms with Gasteiger partial charge in [0.2, 0.25) is 0 Å². The first-order valence-corrected chi connectivity index (χ1v) is 2.65. The Morgan fingerprint density at radius 1 is 1.50 bits per heavy atom. The standard InChI is InChI=1S/C4H4O.C2H5NO2/c1-2-4-5-3-1;1-3-2(4)5/h1-4H;3H,1H3,(H,4,5). The predicted octanol–water partition coefficient (Wildman–Crippen LogP) is 1.16. The van der Waals surface area contributed by atoms with Crippen molar-refractivity contribution in [2.24, 2.45) is 0 Å². The van der Waals surface area contributed by atoms with Gasteiger partial charge < -0.3 is 14.8 Å². The van der Waals surface area contributed by atoms with Crippen molar-refractivity contribution in [2.45, 2.75) is 0 Å². The van der Waals surface area contributed by atoms with E-state index in [2.05, 4.69) is 4.42 Å². The Morgan fingerprint density at radius 2 is 1.90 bits per heavy atom. The normalized spacial score (nSPS) is 7.30. The van der Waals surface area contributed by atoms with Gasteiger partial charge in [-0.3, -0.25) is 0 Å². The van der Waals surface area contributed by atoms with Crippen molar-refractivity contribution in [3.8, 4) is 0 Å². The Bertz CT molecular complexity index is 142. The van der Waals surface area contributed by atoms with Gasteiger partial charge in [-0.15, -0.1) is 0 Å². The van der Waals surface area contributed by atoms with Crippen LogP contribution in [0, 0.1) is 0 Å². The van der Waals surface area contributed by atoms with Crippen molar-refractivity contribution in [3.63, 3.8) is 0 Å². The van der Waals surface area contributed by atoms with Crippen LogP contribution in [0.15, 0.2) is 29.1 Å². The average Bonchev–Trinajstić information content (AvgIpc) is 2.43. The molecule has 0 bridgehead atoms. The van der Waals surface area contributed by atoms with Crippen molar-refractivity contribution in [2.75, 3.05) is 7.05 Å². The van der Waals surface area contributed by atoms with E-state index in [4.69, 9.17) is 5.11 Å². The minimum atomic E-state index is -0.995. The van der Waals surface area contributed by atoms with Gasteiger partial charge in [-0.1, -0.05) is 0 Å². The molecule has 0 spiro atoms. The van der Waals surface area contributed by atoms with Gasteiger partial charge in [-0.25, -0.2) is 4.79 Å². The number of furan rings is 1.